The summed E-state index contributed by atoms with van der Waals surface area (Å²) in [4.78, 5) is 23.0. The van der Waals surface area contributed by atoms with Crippen LogP contribution < -0.4 is 0 Å². The smallest absolute Gasteiger partial charge is 0.316 e. The molecule has 6 nitrogen and oxygen atoms in total. The second-order valence-corrected chi connectivity index (χ2v) is 14.8. The highest BCUT2D eigenvalue weighted by molar-refractivity contribution is 5.87. The lowest BCUT2D eigenvalue weighted by Crippen LogP contribution is -2.52. The third-order valence-electron chi connectivity index (χ3n) is 11.4. The van der Waals surface area contributed by atoms with Crippen LogP contribution in [0.2, 0.25) is 0 Å². The monoisotopic (exact) mass is 576 g/mol. The fourth-order valence-electron chi connectivity index (χ4n) is 9.05. The number of aliphatic hydroxyl groups is 1. The summed E-state index contributed by atoms with van der Waals surface area (Å²) >= 11 is 0. The summed E-state index contributed by atoms with van der Waals surface area (Å²) in [5, 5.41) is 11.2. The first-order valence-electron chi connectivity index (χ1n) is 16.1. The molecule has 0 aromatic heterocycles. The molecule has 6 heteroatoms. The van der Waals surface area contributed by atoms with Crippen molar-refractivity contribution >= 4 is 18.3 Å². The summed E-state index contributed by atoms with van der Waals surface area (Å²) in [7, 11) is 1.30. The van der Waals surface area contributed by atoms with E-state index < -0.39 is 17.7 Å². The Labute approximate surface area is 250 Å². The Hall–Kier alpha value is -2.28. The van der Waals surface area contributed by atoms with Gasteiger partial charge in [0.1, 0.15) is 12.2 Å². The van der Waals surface area contributed by atoms with Gasteiger partial charge in [0.2, 0.25) is 0 Å². The van der Waals surface area contributed by atoms with Gasteiger partial charge in [-0.15, -0.1) is 0 Å². The van der Waals surface area contributed by atoms with E-state index in [1.54, 1.807) is 11.1 Å². The Morgan fingerprint density at radius 3 is 2.50 bits per heavy atom. The van der Waals surface area contributed by atoms with E-state index in [4.69, 9.17) is 14.2 Å². The molecule has 1 N–H and O–H groups in total. The maximum atomic E-state index is 11.7. The highest BCUT2D eigenvalue weighted by Gasteiger charge is 2.57. The fourth-order valence-corrected chi connectivity index (χ4v) is 9.05. The van der Waals surface area contributed by atoms with Gasteiger partial charge in [-0.05, 0) is 79.2 Å². The molecule has 228 valence electrons. The van der Waals surface area contributed by atoms with Crippen molar-refractivity contribution in [2.75, 3.05) is 20.3 Å². The third-order valence-corrected chi connectivity index (χ3v) is 11.4. The highest BCUT2D eigenvalue weighted by atomic mass is 16.7. The Balaban J connectivity index is 1.27. The maximum absolute atomic E-state index is 11.7. The molecule has 1 aromatic carbocycles. The van der Waals surface area contributed by atoms with Gasteiger partial charge in [-0.2, -0.15) is 0 Å². The summed E-state index contributed by atoms with van der Waals surface area (Å²) in [5.74, 6) is 0.202. The predicted molar refractivity (Wildman–Crippen MR) is 161 cm³/mol. The molecular formula is C36H48O6. The van der Waals surface area contributed by atoms with E-state index in [2.05, 4.69) is 45.0 Å². The van der Waals surface area contributed by atoms with E-state index in [-0.39, 0.29) is 16.9 Å². The van der Waals surface area contributed by atoms with Gasteiger partial charge >= 0.3 is 5.97 Å². The maximum Gasteiger partial charge on any atom is 0.316 e. The van der Waals surface area contributed by atoms with Crippen LogP contribution in [0.3, 0.4) is 0 Å². The number of benzene rings is 1. The van der Waals surface area contributed by atoms with Crippen molar-refractivity contribution in [2.24, 2.45) is 34.5 Å². The number of aldehydes is 1. The molecule has 6 rings (SSSR count). The van der Waals surface area contributed by atoms with Crippen molar-refractivity contribution in [2.45, 2.75) is 96.4 Å². The highest BCUT2D eigenvalue weighted by Crippen LogP contribution is 2.65. The van der Waals surface area contributed by atoms with Crippen molar-refractivity contribution in [1.82, 2.24) is 0 Å². The fraction of sp³-hybridized carbons (Fsp3) is 0.667. The molecule has 5 aliphatic rings. The molecule has 1 spiro atoms. The zero-order valence-electron chi connectivity index (χ0n) is 25.8. The van der Waals surface area contributed by atoms with Crippen LogP contribution in [0, 0.1) is 34.5 Å². The van der Waals surface area contributed by atoms with Crippen molar-refractivity contribution < 1.29 is 28.9 Å². The minimum absolute atomic E-state index is 0.0560. The molecule has 1 saturated heterocycles. The van der Waals surface area contributed by atoms with Gasteiger partial charge < -0.3 is 24.1 Å². The van der Waals surface area contributed by atoms with E-state index in [0.717, 1.165) is 57.3 Å². The van der Waals surface area contributed by atoms with Gasteiger partial charge in [0, 0.05) is 24.2 Å². The van der Waals surface area contributed by atoms with Crippen molar-refractivity contribution in [3.05, 3.63) is 52.6 Å². The summed E-state index contributed by atoms with van der Waals surface area (Å²) in [6, 6.07) is 8.78. The lowest BCUT2D eigenvalue weighted by molar-refractivity contribution is -0.312. The molecule has 3 saturated carbocycles. The quantitative estimate of drug-likeness (QED) is 0.177. The molecule has 4 fully saturated rings. The van der Waals surface area contributed by atoms with Crippen LogP contribution >= 0.6 is 0 Å². The zero-order chi connectivity index (χ0) is 29.7. The topological polar surface area (TPSA) is 82.1 Å². The minimum Gasteiger partial charge on any atom is -0.468 e. The van der Waals surface area contributed by atoms with Crippen molar-refractivity contribution in [3.8, 4) is 0 Å². The molecule has 7 atom stereocenters. The SMILES string of the molecule is COC(=O)C(C=O)C/C=C/c1ccc(C2CC3(C)C(O)CCC3C3CCC4CC5(CCC4=C23)OCC(C)(C)CO5)cc1. The molecule has 0 bridgehead atoms. The first-order chi connectivity index (χ1) is 20.1. The second-order valence-electron chi connectivity index (χ2n) is 14.8. The number of methoxy groups -OCH3 is 1. The van der Waals surface area contributed by atoms with Crippen LogP contribution in [0.25, 0.3) is 6.08 Å². The predicted octanol–water partition coefficient (Wildman–Crippen LogP) is 6.62. The number of carbonyl (C=O) groups excluding carboxylic acids is 2. The van der Waals surface area contributed by atoms with Crippen LogP contribution in [-0.4, -0.2) is 49.6 Å². The molecular weight excluding hydrogens is 528 g/mol. The zero-order valence-corrected chi connectivity index (χ0v) is 25.8. The standard InChI is InChI=1S/C36H48O6/c1-34(2)21-41-36(42-22-34)17-16-27-25(18-36)12-13-28-30-14-15-31(38)35(30,3)19-29(32(27)28)24-10-8-23(9-11-24)6-5-7-26(20-37)33(39)40-4/h5-6,8-11,20,25-26,28-31,38H,7,12-19,21-22H2,1-4H3/b6-5+. The Morgan fingerprint density at radius 1 is 1.07 bits per heavy atom. The van der Waals surface area contributed by atoms with E-state index in [0.29, 0.717) is 36.4 Å². The summed E-state index contributed by atoms with van der Waals surface area (Å²) in [6.45, 7) is 8.29. The van der Waals surface area contributed by atoms with Crippen LogP contribution in [0.4, 0.5) is 0 Å². The number of rotatable bonds is 6. The number of carbonyl (C=O) groups is 2. The molecule has 42 heavy (non-hydrogen) atoms. The molecule has 1 heterocycles. The van der Waals surface area contributed by atoms with Gasteiger partial charge in [0.05, 0.1) is 26.4 Å². The van der Waals surface area contributed by atoms with Crippen LogP contribution in [0.1, 0.15) is 95.6 Å². The molecule has 1 aliphatic heterocycles. The summed E-state index contributed by atoms with van der Waals surface area (Å²) < 4.78 is 17.7. The summed E-state index contributed by atoms with van der Waals surface area (Å²) in [6.07, 6.45) is 12.9. The number of ether oxygens (including phenoxy) is 3. The van der Waals surface area contributed by atoms with E-state index in [9.17, 15) is 14.7 Å². The first kappa shape index (κ1) is 29.8. The lowest BCUT2D eigenvalue weighted by atomic mass is 9.52. The van der Waals surface area contributed by atoms with Gasteiger partial charge in [-0.1, -0.05) is 68.3 Å². The van der Waals surface area contributed by atoms with Gasteiger partial charge in [-0.25, -0.2) is 0 Å². The van der Waals surface area contributed by atoms with Gasteiger partial charge in [-0.3, -0.25) is 4.79 Å². The van der Waals surface area contributed by atoms with Gasteiger partial charge in [0.25, 0.3) is 0 Å². The number of fused-ring (bicyclic) bond motifs is 4. The Kier molecular flexibility index (Phi) is 8.04. The number of hydrogen-bond donors (Lipinski definition) is 1. The second kappa shape index (κ2) is 11.3. The Morgan fingerprint density at radius 2 is 1.81 bits per heavy atom. The van der Waals surface area contributed by atoms with Crippen molar-refractivity contribution in [1.29, 1.82) is 0 Å². The first-order valence-corrected chi connectivity index (χ1v) is 16.1. The normalized spacial score (nSPS) is 35.8. The molecule has 0 radical (unpaired) electrons. The third kappa shape index (κ3) is 5.33. The molecule has 7 unspecified atom stereocenters. The Bertz CT molecular complexity index is 1230. The van der Waals surface area contributed by atoms with Crippen LogP contribution in [0.15, 0.2) is 41.5 Å². The van der Waals surface area contributed by atoms with E-state index >= 15 is 0 Å². The van der Waals surface area contributed by atoms with E-state index in [1.165, 1.54) is 25.5 Å². The number of allylic oxidation sites excluding steroid dienone is 3. The molecule has 0 amide bonds. The van der Waals surface area contributed by atoms with Gasteiger partial charge in [0.15, 0.2) is 5.79 Å². The molecule has 4 aliphatic carbocycles. The largest absolute Gasteiger partial charge is 0.468 e. The number of esters is 1. The molecule has 1 aromatic rings. The minimum atomic E-state index is -0.769. The number of hydrogen-bond acceptors (Lipinski definition) is 6. The average molecular weight is 577 g/mol. The van der Waals surface area contributed by atoms with Crippen LogP contribution in [0.5, 0.6) is 0 Å². The van der Waals surface area contributed by atoms with E-state index in [1.807, 2.05) is 12.2 Å². The summed E-state index contributed by atoms with van der Waals surface area (Å²) in [5.41, 5.74) is 5.71. The lowest BCUT2D eigenvalue weighted by Gasteiger charge is -2.55. The van der Waals surface area contributed by atoms with Crippen molar-refractivity contribution in [3.63, 3.8) is 0 Å². The van der Waals surface area contributed by atoms with Crippen LogP contribution in [-0.2, 0) is 23.8 Å². The number of aliphatic hydroxyl groups excluding tert-OH is 1. The average Bonchev–Trinajstić information content (AvgIpc) is 3.30.